The molecule has 2 aromatic heterocycles. The number of pyridine rings is 1. The lowest BCUT2D eigenvalue weighted by atomic mass is 10.3. The Morgan fingerprint density at radius 1 is 1.60 bits per heavy atom. The van der Waals surface area contributed by atoms with Gasteiger partial charge in [-0.2, -0.15) is 0 Å². The average Bonchev–Trinajstić information content (AvgIpc) is 2.46. The first-order valence-electron chi connectivity index (χ1n) is 4.36. The van der Waals surface area contributed by atoms with Crippen molar-refractivity contribution in [2.75, 3.05) is 0 Å². The standard InChI is InChI=1S/C9H9N3O3/c1-6-3-2-4-11-8(6)10-12(9(11)15)5-7(13)14/h2-4H,5H2,1H3,(H,13,14). The summed E-state index contributed by atoms with van der Waals surface area (Å²) in [5, 5.41) is 12.5. The van der Waals surface area contributed by atoms with Gasteiger partial charge in [0.25, 0.3) is 0 Å². The Balaban J connectivity index is 2.69. The number of aryl methyl sites for hydroxylation is 1. The van der Waals surface area contributed by atoms with E-state index < -0.39 is 18.2 Å². The molecule has 6 heteroatoms. The number of carbonyl (C=O) groups is 1. The van der Waals surface area contributed by atoms with E-state index in [2.05, 4.69) is 5.10 Å². The maximum absolute atomic E-state index is 11.6. The van der Waals surface area contributed by atoms with Crippen LogP contribution in [-0.4, -0.2) is 25.3 Å². The second kappa shape index (κ2) is 3.23. The van der Waals surface area contributed by atoms with E-state index in [0.717, 1.165) is 10.2 Å². The minimum Gasteiger partial charge on any atom is -0.480 e. The molecule has 0 unspecified atom stereocenters. The summed E-state index contributed by atoms with van der Waals surface area (Å²) >= 11 is 0. The number of rotatable bonds is 2. The molecular formula is C9H9N3O3. The first kappa shape index (κ1) is 9.45. The Labute approximate surface area is 84.4 Å². The largest absolute Gasteiger partial charge is 0.480 e. The molecule has 0 amide bonds. The lowest BCUT2D eigenvalue weighted by Gasteiger charge is -1.91. The monoisotopic (exact) mass is 207 g/mol. The Hall–Kier alpha value is -2.11. The fraction of sp³-hybridized carbons (Fsp3) is 0.222. The molecule has 0 aliphatic heterocycles. The number of fused-ring (bicyclic) bond motifs is 1. The van der Waals surface area contributed by atoms with Crippen LogP contribution in [0.2, 0.25) is 0 Å². The molecule has 78 valence electrons. The summed E-state index contributed by atoms with van der Waals surface area (Å²) in [7, 11) is 0. The van der Waals surface area contributed by atoms with Gasteiger partial charge in [-0.05, 0) is 18.6 Å². The van der Waals surface area contributed by atoms with Crippen molar-refractivity contribution in [3.05, 3.63) is 34.4 Å². The second-order valence-electron chi connectivity index (χ2n) is 3.22. The van der Waals surface area contributed by atoms with Gasteiger partial charge in [0, 0.05) is 6.20 Å². The van der Waals surface area contributed by atoms with Crippen molar-refractivity contribution in [2.45, 2.75) is 13.5 Å². The predicted octanol–water partition coefficient (Wildman–Crippen LogP) is -0.111. The Morgan fingerprint density at radius 2 is 2.33 bits per heavy atom. The minimum absolute atomic E-state index is 0.417. The van der Waals surface area contributed by atoms with Gasteiger partial charge in [-0.25, -0.2) is 9.48 Å². The van der Waals surface area contributed by atoms with E-state index in [0.29, 0.717) is 5.65 Å². The molecule has 1 N–H and O–H groups in total. The molecular weight excluding hydrogens is 198 g/mol. The fourth-order valence-electron chi connectivity index (χ4n) is 1.40. The topological polar surface area (TPSA) is 76.6 Å². The van der Waals surface area contributed by atoms with Gasteiger partial charge in [0.2, 0.25) is 0 Å². The zero-order valence-electron chi connectivity index (χ0n) is 8.04. The van der Waals surface area contributed by atoms with Gasteiger partial charge >= 0.3 is 11.7 Å². The van der Waals surface area contributed by atoms with E-state index in [1.807, 2.05) is 13.0 Å². The molecule has 0 spiro atoms. The number of aliphatic carboxylic acids is 1. The molecule has 0 saturated carbocycles. The van der Waals surface area contributed by atoms with Crippen LogP contribution in [0.4, 0.5) is 0 Å². The molecule has 0 radical (unpaired) electrons. The summed E-state index contributed by atoms with van der Waals surface area (Å²) in [6.45, 7) is 1.40. The van der Waals surface area contributed by atoms with Gasteiger partial charge in [0.05, 0.1) is 0 Å². The Kier molecular flexibility index (Phi) is 2.03. The minimum atomic E-state index is -1.09. The molecule has 2 aromatic rings. The van der Waals surface area contributed by atoms with E-state index in [-0.39, 0.29) is 0 Å². The SMILES string of the molecule is Cc1cccn2c(=O)n(CC(=O)O)nc12. The highest BCUT2D eigenvalue weighted by molar-refractivity contribution is 5.66. The van der Waals surface area contributed by atoms with Crippen LogP contribution in [0.25, 0.3) is 5.65 Å². The van der Waals surface area contributed by atoms with Crippen LogP contribution in [0.15, 0.2) is 23.1 Å². The molecule has 0 aromatic carbocycles. The quantitative estimate of drug-likeness (QED) is 0.745. The summed E-state index contributed by atoms with van der Waals surface area (Å²) in [6.07, 6.45) is 1.57. The Bertz CT molecular complexity index is 582. The van der Waals surface area contributed by atoms with E-state index in [1.165, 1.54) is 4.40 Å². The number of hydrogen-bond acceptors (Lipinski definition) is 3. The summed E-state index contributed by atoms with van der Waals surface area (Å²) in [5.74, 6) is -1.09. The van der Waals surface area contributed by atoms with Gasteiger partial charge in [0.1, 0.15) is 6.54 Å². The van der Waals surface area contributed by atoms with Crippen molar-refractivity contribution in [3.8, 4) is 0 Å². The zero-order chi connectivity index (χ0) is 11.0. The zero-order valence-corrected chi connectivity index (χ0v) is 8.04. The van der Waals surface area contributed by atoms with Crippen LogP contribution in [0.5, 0.6) is 0 Å². The molecule has 0 bridgehead atoms. The lowest BCUT2D eigenvalue weighted by molar-refractivity contribution is -0.137. The highest BCUT2D eigenvalue weighted by atomic mass is 16.4. The van der Waals surface area contributed by atoms with Crippen molar-refractivity contribution in [1.29, 1.82) is 0 Å². The highest BCUT2D eigenvalue weighted by Crippen LogP contribution is 2.03. The van der Waals surface area contributed by atoms with Crippen LogP contribution in [-0.2, 0) is 11.3 Å². The molecule has 2 heterocycles. The first-order valence-corrected chi connectivity index (χ1v) is 4.36. The van der Waals surface area contributed by atoms with Crippen molar-refractivity contribution >= 4 is 11.6 Å². The smallest absolute Gasteiger partial charge is 0.350 e. The molecule has 0 saturated heterocycles. The molecule has 0 aliphatic carbocycles. The number of carboxylic acid groups (broad SMARTS) is 1. The van der Waals surface area contributed by atoms with Gasteiger partial charge < -0.3 is 5.11 Å². The summed E-state index contributed by atoms with van der Waals surface area (Å²) < 4.78 is 2.27. The third-order valence-corrected chi connectivity index (χ3v) is 2.09. The fourth-order valence-corrected chi connectivity index (χ4v) is 1.40. The van der Waals surface area contributed by atoms with Crippen LogP contribution in [0.3, 0.4) is 0 Å². The number of hydrogen-bond donors (Lipinski definition) is 1. The van der Waals surface area contributed by atoms with Gasteiger partial charge in [-0.3, -0.25) is 9.20 Å². The highest BCUT2D eigenvalue weighted by Gasteiger charge is 2.10. The number of aromatic nitrogens is 3. The van der Waals surface area contributed by atoms with Gasteiger partial charge in [-0.1, -0.05) is 6.07 Å². The van der Waals surface area contributed by atoms with Crippen molar-refractivity contribution in [2.24, 2.45) is 0 Å². The third-order valence-electron chi connectivity index (χ3n) is 2.09. The summed E-state index contributed by atoms with van der Waals surface area (Å²) in [5.41, 5.74) is 0.888. The van der Waals surface area contributed by atoms with Crippen LogP contribution in [0.1, 0.15) is 5.56 Å². The Morgan fingerprint density at radius 3 is 2.93 bits per heavy atom. The van der Waals surface area contributed by atoms with E-state index >= 15 is 0 Å². The van der Waals surface area contributed by atoms with Gasteiger partial charge in [0.15, 0.2) is 5.65 Å². The third kappa shape index (κ3) is 1.50. The lowest BCUT2D eigenvalue weighted by Crippen LogP contribution is -2.24. The number of nitrogens with zero attached hydrogens (tertiary/aromatic N) is 3. The maximum Gasteiger partial charge on any atom is 0.350 e. The second-order valence-corrected chi connectivity index (χ2v) is 3.22. The predicted molar refractivity (Wildman–Crippen MR) is 51.8 cm³/mol. The average molecular weight is 207 g/mol. The van der Waals surface area contributed by atoms with E-state index in [9.17, 15) is 9.59 Å². The van der Waals surface area contributed by atoms with Crippen LogP contribution >= 0.6 is 0 Å². The first-order chi connectivity index (χ1) is 7.09. The summed E-state index contributed by atoms with van der Waals surface area (Å²) in [6, 6.07) is 3.53. The maximum atomic E-state index is 11.6. The van der Waals surface area contributed by atoms with Crippen molar-refractivity contribution < 1.29 is 9.90 Å². The van der Waals surface area contributed by atoms with Crippen molar-refractivity contribution in [3.63, 3.8) is 0 Å². The normalized spacial score (nSPS) is 10.7. The molecule has 15 heavy (non-hydrogen) atoms. The molecule has 0 aliphatic rings. The molecule has 0 atom stereocenters. The molecule has 6 nitrogen and oxygen atoms in total. The van der Waals surface area contributed by atoms with Crippen LogP contribution in [0, 0.1) is 6.92 Å². The van der Waals surface area contributed by atoms with E-state index in [1.54, 1.807) is 12.3 Å². The summed E-state index contributed by atoms with van der Waals surface area (Å²) in [4.78, 5) is 22.1. The molecule has 0 fully saturated rings. The van der Waals surface area contributed by atoms with Crippen LogP contribution < -0.4 is 5.69 Å². The number of carboxylic acids is 1. The van der Waals surface area contributed by atoms with E-state index in [4.69, 9.17) is 5.11 Å². The molecule has 2 rings (SSSR count). The van der Waals surface area contributed by atoms with Gasteiger partial charge in [-0.15, -0.1) is 5.10 Å². The van der Waals surface area contributed by atoms with Crippen molar-refractivity contribution in [1.82, 2.24) is 14.2 Å².